The number of aliphatic carboxylic acids is 1. The summed E-state index contributed by atoms with van der Waals surface area (Å²) in [6.45, 7) is 0. The van der Waals surface area contributed by atoms with Crippen LogP contribution in [0.1, 0.15) is 16.8 Å². The van der Waals surface area contributed by atoms with Crippen LogP contribution < -0.4 is 20.3 Å². The number of benzene rings is 1. The molecule has 8 nitrogen and oxygen atoms in total. The number of allylic oxidation sites excluding steroid dienone is 2. The summed E-state index contributed by atoms with van der Waals surface area (Å²) in [4.78, 5) is 36.2. The van der Waals surface area contributed by atoms with E-state index in [0.717, 1.165) is 0 Å². The zero-order valence-corrected chi connectivity index (χ0v) is 14.4. The van der Waals surface area contributed by atoms with Gasteiger partial charge >= 0.3 is 5.97 Å². The van der Waals surface area contributed by atoms with Gasteiger partial charge in [-0.15, -0.1) is 0 Å². The maximum Gasteiger partial charge on any atom is 0.307 e. The van der Waals surface area contributed by atoms with Crippen LogP contribution in [0.4, 0.5) is 0 Å². The number of methoxy groups -OCH3 is 2. The lowest BCUT2D eigenvalue weighted by molar-refractivity contribution is -0.148. The number of fused-ring (bicyclic) bond motifs is 2. The van der Waals surface area contributed by atoms with Crippen molar-refractivity contribution < 1.29 is 29.0 Å². The molecule has 3 N–H and O–H groups in total. The number of rotatable bonds is 5. The Morgan fingerprint density at radius 3 is 2.27 bits per heavy atom. The molecule has 0 saturated heterocycles. The molecule has 2 bridgehead atoms. The number of ether oxygens (including phenoxy) is 2. The number of hydrogen-bond donors (Lipinski definition) is 3. The molecule has 0 spiro atoms. The third-order valence-electron chi connectivity index (χ3n) is 4.99. The van der Waals surface area contributed by atoms with Crippen LogP contribution in [-0.4, -0.2) is 37.1 Å². The van der Waals surface area contributed by atoms with Gasteiger partial charge in [0.15, 0.2) is 11.5 Å². The normalized spacial score (nSPS) is 25.6. The molecule has 0 radical (unpaired) electrons. The lowest BCUT2D eigenvalue weighted by atomic mass is 9.82. The fourth-order valence-corrected chi connectivity index (χ4v) is 3.77. The van der Waals surface area contributed by atoms with Gasteiger partial charge in [-0.1, -0.05) is 12.2 Å². The van der Waals surface area contributed by atoms with Crippen LogP contribution in [0.5, 0.6) is 11.5 Å². The van der Waals surface area contributed by atoms with Crippen molar-refractivity contribution in [1.29, 1.82) is 0 Å². The smallest absolute Gasteiger partial charge is 0.307 e. The second-order valence-corrected chi connectivity index (χ2v) is 6.35. The van der Waals surface area contributed by atoms with Gasteiger partial charge in [-0.2, -0.15) is 0 Å². The first-order valence-corrected chi connectivity index (χ1v) is 8.19. The summed E-state index contributed by atoms with van der Waals surface area (Å²) in [5, 5.41) is 9.39. The van der Waals surface area contributed by atoms with Crippen LogP contribution in [0.3, 0.4) is 0 Å². The summed E-state index contributed by atoms with van der Waals surface area (Å²) in [7, 11) is 2.94. The molecular weight excluding hydrogens is 340 g/mol. The SMILES string of the molecule is COc1ccc(C(=O)NNC(=O)[C@@H]2[C@H](C(=O)O)[C@H]3C=C[C@H]2C3)cc1OC. The van der Waals surface area contributed by atoms with E-state index in [1.54, 1.807) is 6.07 Å². The van der Waals surface area contributed by atoms with E-state index < -0.39 is 29.6 Å². The van der Waals surface area contributed by atoms with Gasteiger partial charge in [0.05, 0.1) is 26.1 Å². The first-order valence-electron chi connectivity index (χ1n) is 8.19. The van der Waals surface area contributed by atoms with E-state index in [9.17, 15) is 19.5 Å². The van der Waals surface area contributed by atoms with Gasteiger partial charge in [-0.05, 0) is 36.5 Å². The minimum absolute atomic E-state index is 0.112. The molecule has 2 aliphatic rings. The van der Waals surface area contributed by atoms with E-state index in [1.807, 2.05) is 12.2 Å². The summed E-state index contributed by atoms with van der Waals surface area (Å²) < 4.78 is 10.3. The highest BCUT2D eigenvalue weighted by atomic mass is 16.5. The van der Waals surface area contributed by atoms with Crippen molar-refractivity contribution in [1.82, 2.24) is 10.9 Å². The lowest BCUT2D eigenvalue weighted by Gasteiger charge is -2.23. The van der Waals surface area contributed by atoms with Crippen molar-refractivity contribution in [2.24, 2.45) is 23.7 Å². The topological polar surface area (TPSA) is 114 Å². The molecule has 1 saturated carbocycles. The standard InChI is InChI=1S/C18H20N2O6/c1-25-12-6-5-11(8-13(12)26-2)16(21)19-20-17(22)14-9-3-4-10(7-9)15(14)18(23)24/h3-6,8-10,14-15H,7H2,1-2H3,(H,19,21)(H,20,22)(H,23,24)/t9-,10-,14-,15+/m0/s1. The van der Waals surface area contributed by atoms with Crippen LogP contribution in [0.25, 0.3) is 0 Å². The van der Waals surface area contributed by atoms with Crippen molar-refractivity contribution in [3.8, 4) is 11.5 Å². The molecule has 0 aromatic heterocycles. The molecule has 8 heteroatoms. The summed E-state index contributed by atoms with van der Waals surface area (Å²) in [6.07, 6.45) is 4.39. The predicted molar refractivity (Wildman–Crippen MR) is 90.5 cm³/mol. The molecule has 1 fully saturated rings. The number of carboxylic acids is 1. The van der Waals surface area contributed by atoms with Gasteiger partial charge in [-0.25, -0.2) is 0 Å². The average Bonchev–Trinajstić information content (AvgIpc) is 3.26. The second-order valence-electron chi connectivity index (χ2n) is 6.35. The first kappa shape index (κ1) is 17.8. The van der Waals surface area contributed by atoms with E-state index in [-0.39, 0.29) is 17.4 Å². The largest absolute Gasteiger partial charge is 0.493 e. The number of nitrogens with one attached hydrogen (secondary N) is 2. The molecule has 0 aliphatic heterocycles. The highest BCUT2D eigenvalue weighted by Gasteiger charge is 2.51. The van der Waals surface area contributed by atoms with Gasteiger partial charge in [0.25, 0.3) is 5.91 Å². The van der Waals surface area contributed by atoms with Crippen LogP contribution in [-0.2, 0) is 9.59 Å². The van der Waals surface area contributed by atoms with Crippen LogP contribution in [0.15, 0.2) is 30.4 Å². The fraction of sp³-hybridized carbons (Fsp3) is 0.389. The van der Waals surface area contributed by atoms with Crippen molar-refractivity contribution in [2.45, 2.75) is 6.42 Å². The number of carbonyl (C=O) groups is 3. The Balaban J connectivity index is 1.65. The Hall–Kier alpha value is -3.03. The Bertz CT molecular complexity index is 775. The van der Waals surface area contributed by atoms with Gasteiger partial charge < -0.3 is 14.6 Å². The fourth-order valence-electron chi connectivity index (χ4n) is 3.77. The summed E-state index contributed by atoms with van der Waals surface area (Å²) in [6, 6.07) is 4.60. The molecule has 3 rings (SSSR count). The van der Waals surface area contributed by atoms with E-state index in [4.69, 9.17) is 9.47 Å². The van der Waals surface area contributed by atoms with Gasteiger partial charge in [0, 0.05) is 5.56 Å². The van der Waals surface area contributed by atoms with Crippen molar-refractivity contribution in [3.05, 3.63) is 35.9 Å². The first-order chi connectivity index (χ1) is 12.5. The van der Waals surface area contributed by atoms with Gasteiger partial charge in [0.2, 0.25) is 5.91 Å². The van der Waals surface area contributed by atoms with Crippen molar-refractivity contribution >= 4 is 17.8 Å². The highest BCUT2D eigenvalue weighted by molar-refractivity contribution is 5.96. The maximum absolute atomic E-state index is 12.4. The zero-order chi connectivity index (χ0) is 18.8. The maximum atomic E-state index is 12.4. The molecule has 1 aromatic carbocycles. The van der Waals surface area contributed by atoms with Crippen molar-refractivity contribution in [3.63, 3.8) is 0 Å². The Morgan fingerprint density at radius 1 is 1.00 bits per heavy atom. The second kappa shape index (κ2) is 7.07. The van der Waals surface area contributed by atoms with E-state index in [1.165, 1.54) is 26.4 Å². The van der Waals surface area contributed by atoms with E-state index in [0.29, 0.717) is 17.9 Å². The van der Waals surface area contributed by atoms with Crippen molar-refractivity contribution in [2.75, 3.05) is 14.2 Å². The third kappa shape index (κ3) is 3.10. The zero-order valence-electron chi connectivity index (χ0n) is 14.4. The molecule has 138 valence electrons. The number of amides is 2. The average molecular weight is 360 g/mol. The monoisotopic (exact) mass is 360 g/mol. The Morgan fingerprint density at radius 2 is 1.65 bits per heavy atom. The minimum Gasteiger partial charge on any atom is -0.493 e. The predicted octanol–water partition coefficient (Wildman–Crippen LogP) is 0.988. The Labute approximate surface area is 150 Å². The Kier molecular flexibility index (Phi) is 4.83. The van der Waals surface area contributed by atoms with Crippen LogP contribution >= 0.6 is 0 Å². The van der Waals surface area contributed by atoms with Gasteiger partial charge in [-0.3, -0.25) is 25.2 Å². The van der Waals surface area contributed by atoms with Gasteiger partial charge in [0.1, 0.15) is 0 Å². The third-order valence-corrected chi connectivity index (χ3v) is 4.99. The lowest BCUT2D eigenvalue weighted by Crippen LogP contribution is -2.48. The summed E-state index contributed by atoms with van der Waals surface area (Å²) >= 11 is 0. The quantitative estimate of drug-likeness (QED) is 0.533. The number of hydrogen-bond acceptors (Lipinski definition) is 5. The molecule has 0 heterocycles. The minimum atomic E-state index is -0.992. The number of hydrazine groups is 1. The highest BCUT2D eigenvalue weighted by Crippen LogP contribution is 2.48. The molecular formula is C18H20N2O6. The molecule has 26 heavy (non-hydrogen) atoms. The molecule has 2 amide bonds. The van der Waals surface area contributed by atoms with Crippen LogP contribution in [0, 0.1) is 23.7 Å². The molecule has 1 aromatic rings. The van der Waals surface area contributed by atoms with E-state index in [2.05, 4.69) is 10.9 Å². The molecule has 2 aliphatic carbocycles. The molecule has 4 atom stereocenters. The summed E-state index contributed by atoms with van der Waals surface area (Å²) in [5.41, 5.74) is 4.95. The molecule has 0 unspecified atom stereocenters. The summed E-state index contributed by atoms with van der Waals surface area (Å²) in [5.74, 6) is -2.85. The number of carbonyl (C=O) groups excluding carboxylic acids is 2. The van der Waals surface area contributed by atoms with E-state index >= 15 is 0 Å². The van der Waals surface area contributed by atoms with Crippen LogP contribution in [0.2, 0.25) is 0 Å². The number of carboxylic acid groups (broad SMARTS) is 1.